The molecule has 4 heterocycles. The fraction of sp³-hybridized carbons (Fsp3) is 0.275. The number of aryl methyl sites for hydroxylation is 2. The minimum absolute atomic E-state index is 0.00338. The topological polar surface area (TPSA) is 49.8 Å². The second-order valence-electron chi connectivity index (χ2n) is 14.4. The van der Waals surface area contributed by atoms with E-state index in [4.69, 9.17) is 9.72 Å². The van der Waals surface area contributed by atoms with Gasteiger partial charge in [-0.25, -0.2) is 0 Å². The average Bonchev–Trinajstić information content (AvgIpc) is 3.54. The summed E-state index contributed by atoms with van der Waals surface area (Å²) >= 11 is 2.35. The van der Waals surface area contributed by atoms with E-state index in [9.17, 15) is 0 Å². The van der Waals surface area contributed by atoms with Crippen LogP contribution in [0.5, 0.6) is 11.5 Å². The van der Waals surface area contributed by atoms with Gasteiger partial charge >= 0.3 is 193 Å². The molecule has 0 amide bonds. The fourth-order valence-electron chi connectivity index (χ4n) is 7.70. The van der Waals surface area contributed by atoms with Gasteiger partial charge in [0.25, 0.3) is 0 Å². The first-order valence-corrected chi connectivity index (χ1v) is 17.1. The summed E-state index contributed by atoms with van der Waals surface area (Å²) in [5.41, 5.74) is 9.03. The molecule has 7 aromatic rings. The molecule has 0 saturated carbocycles. The molecule has 0 aliphatic heterocycles. The van der Waals surface area contributed by atoms with Crippen LogP contribution in [-0.4, -0.2) is 23.7 Å². The zero-order valence-corrected chi connectivity index (χ0v) is 30.2. The van der Waals surface area contributed by atoms with Gasteiger partial charge in [-0.3, -0.25) is 0 Å². The van der Waals surface area contributed by atoms with E-state index in [1.54, 1.807) is 6.20 Å². The molecular formula is C40H37N5OPt-2. The van der Waals surface area contributed by atoms with Crippen LogP contribution in [0.15, 0.2) is 79.3 Å². The Bertz CT molecular complexity index is 2480. The summed E-state index contributed by atoms with van der Waals surface area (Å²) in [6.07, 6.45) is 5.41. The molecule has 6 nitrogen and oxygen atoms in total. The van der Waals surface area contributed by atoms with E-state index in [0.717, 1.165) is 48.3 Å². The number of hydrogen-bond acceptors (Lipinski definition) is 3. The van der Waals surface area contributed by atoms with Crippen LogP contribution >= 0.6 is 0 Å². The van der Waals surface area contributed by atoms with Gasteiger partial charge < -0.3 is 0 Å². The molecule has 0 atom stereocenters. The number of para-hydroxylation sites is 2. The zero-order valence-electron chi connectivity index (χ0n) is 28.0. The van der Waals surface area contributed by atoms with Gasteiger partial charge in [0.05, 0.1) is 0 Å². The number of pyridine rings is 2. The van der Waals surface area contributed by atoms with Gasteiger partial charge in [0.15, 0.2) is 0 Å². The Morgan fingerprint density at radius 1 is 0.787 bits per heavy atom. The van der Waals surface area contributed by atoms with Gasteiger partial charge in [0, 0.05) is 6.20 Å². The molecule has 1 aliphatic carbocycles. The van der Waals surface area contributed by atoms with Crippen molar-refractivity contribution in [3.05, 3.63) is 112 Å². The van der Waals surface area contributed by atoms with E-state index in [0.29, 0.717) is 11.5 Å². The van der Waals surface area contributed by atoms with Crippen LogP contribution in [0.4, 0.5) is 0 Å². The average molecular weight is 799 g/mol. The molecule has 0 fully saturated rings. The van der Waals surface area contributed by atoms with Crippen LogP contribution in [0.1, 0.15) is 58.2 Å². The quantitative estimate of drug-likeness (QED) is 0.167. The Labute approximate surface area is 286 Å². The van der Waals surface area contributed by atoms with Crippen molar-refractivity contribution in [2.24, 2.45) is 12.5 Å². The minimum Gasteiger partial charge on any atom is -0.0582 e. The molecule has 0 saturated heterocycles. The molecule has 0 N–H and O–H groups in total. The molecule has 0 spiro atoms. The third-order valence-corrected chi connectivity index (χ3v) is 12.7. The van der Waals surface area contributed by atoms with Crippen molar-refractivity contribution in [1.29, 1.82) is 0 Å². The molecule has 3 aromatic carbocycles. The van der Waals surface area contributed by atoms with Crippen molar-refractivity contribution in [2.45, 2.75) is 59.3 Å². The maximum absolute atomic E-state index is 6.49. The Morgan fingerprint density at radius 2 is 1.55 bits per heavy atom. The van der Waals surface area contributed by atoms with E-state index in [-0.39, 0.29) is 16.2 Å². The molecule has 7 heteroatoms. The number of imidazole rings is 1. The van der Waals surface area contributed by atoms with Crippen LogP contribution in [0, 0.1) is 28.3 Å². The third-order valence-electron chi connectivity index (χ3n) is 11.4. The van der Waals surface area contributed by atoms with Crippen molar-refractivity contribution in [3.63, 3.8) is 0 Å². The van der Waals surface area contributed by atoms with Crippen LogP contribution < -0.4 is 4.74 Å². The van der Waals surface area contributed by atoms with Crippen molar-refractivity contribution < 1.29 is 24.1 Å². The predicted molar refractivity (Wildman–Crippen MR) is 184 cm³/mol. The van der Waals surface area contributed by atoms with Gasteiger partial charge in [0.2, 0.25) is 0 Å². The third kappa shape index (κ3) is 4.10. The monoisotopic (exact) mass is 798 g/mol. The number of benzene rings is 3. The van der Waals surface area contributed by atoms with Gasteiger partial charge in [-0.15, -0.1) is 0 Å². The maximum atomic E-state index is 6.49. The standard InChI is InChI=1S/C40H37N5O.Pt/c1-25-17-18-42-35(19-25)45-33-16-15-30-37(39(4,5)40(6,7)38(30,2)3)36(33)29-14-13-27(21-34(29)45)46-28-20-26(22-41-23-28)44-24-43(8)31-11-9-10-12-32(31)44;/h9-19,22-23H,1-8H3;/q-2;. The summed E-state index contributed by atoms with van der Waals surface area (Å²) in [6, 6.07) is 28.4. The summed E-state index contributed by atoms with van der Waals surface area (Å²) in [5.74, 6) is 1.99. The van der Waals surface area contributed by atoms with E-state index in [1.165, 1.54) is 16.5 Å². The van der Waals surface area contributed by atoms with Gasteiger partial charge in [-0.1, -0.05) is 47.6 Å². The Kier molecular flexibility index (Phi) is 6.47. The summed E-state index contributed by atoms with van der Waals surface area (Å²) in [4.78, 5) is 9.39. The van der Waals surface area contributed by atoms with Gasteiger partial charge in [-0.05, 0) is 40.4 Å². The summed E-state index contributed by atoms with van der Waals surface area (Å²) in [7, 11) is 2.07. The second kappa shape index (κ2) is 10.1. The van der Waals surface area contributed by atoms with Gasteiger partial charge in [-0.2, -0.15) is 0 Å². The fourth-order valence-corrected chi connectivity index (χ4v) is 8.52. The Morgan fingerprint density at radius 3 is 2.32 bits per heavy atom. The molecule has 47 heavy (non-hydrogen) atoms. The van der Waals surface area contributed by atoms with Gasteiger partial charge in [0.1, 0.15) is 0 Å². The molecule has 240 valence electrons. The van der Waals surface area contributed by atoms with E-state index in [1.807, 2.05) is 30.6 Å². The number of rotatable bonds is 4. The molecule has 0 radical (unpaired) electrons. The summed E-state index contributed by atoms with van der Waals surface area (Å²) in [5, 5.41) is 2.41. The van der Waals surface area contributed by atoms with Crippen molar-refractivity contribution in [2.75, 3.05) is 0 Å². The summed E-state index contributed by atoms with van der Waals surface area (Å²) in [6.45, 7) is 16.5. The number of aromatic nitrogens is 5. The zero-order chi connectivity index (χ0) is 33.0. The number of hydrogen-bond donors (Lipinski definition) is 0. The summed E-state index contributed by atoms with van der Waals surface area (Å²) < 4.78 is 14.1. The molecule has 8 rings (SSSR count). The van der Waals surface area contributed by atoms with Crippen LogP contribution in [-0.2, 0) is 37.2 Å². The predicted octanol–water partition coefficient (Wildman–Crippen LogP) is 9.23. The minimum atomic E-state index is -0.0719. The molecule has 0 unspecified atom stereocenters. The van der Waals surface area contributed by atoms with Crippen molar-refractivity contribution >= 4 is 32.8 Å². The van der Waals surface area contributed by atoms with E-state index >= 15 is 0 Å². The normalized spacial score (nSPS) is 16.3. The number of ether oxygens (including phenoxy) is 1. The van der Waals surface area contributed by atoms with Crippen LogP contribution in [0.25, 0.3) is 44.3 Å². The van der Waals surface area contributed by atoms with Crippen molar-refractivity contribution in [3.8, 4) is 23.0 Å². The number of nitrogens with zero attached hydrogens (tertiary/aromatic N) is 5. The second-order valence-corrected chi connectivity index (χ2v) is 15.4. The molecule has 0 bridgehead atoms. The first-order valence-electron chi connectivity index (χ1n) is 16.0. The molecular weight excluding hydrogens is 762 g/mol. The SMILES string of the molecule is Cc1ccnc(-n2c3[c-]c(Oc4[c-]c(-n5[c](=[Pt])n(C)c6ccccc65)cnc4)ccc3c3c4c(ccc32)C(C)(C)C(C)(C)C4(C)C)c1. The Balaban J connectivity index is 1.32. The Hall–Kier alpha value is -4.28. The first-order chi connectivity index (χ1) is 22.3. The first kappa shape index (κ1) is 30.1. The molecule has 1 aliphatic rings. The number of fused-ring (bicyclic) bond motifs is 6. The van der Waals surface area contributed by atoms with Crippen LogP contribution in [0.2, 0.25) is 0 Å². The molecule has 4 aromatic heterocycles. The van der Waals surface area contributed by atoms with E-state index < -0.39 is 0 Å². The van der Waals surface area contributed by atoms with E-state index in [2.05, 4.69) is 148 Å². The van der Waals surface area contributed by atoms with Crippen molar-refractivity contribution in [1.82, 2.24) is 23.7 Å². The smallest absolute Gasteiger partial charge is 0.0582 e. The van der Waals surface area contributed by atoms with Crippen LogP contribution in [0.3, 0.4) is 0 Å².